The molecule has 2 rings (SSSR count). The van der Waals surface area contributed by atoms with Crippen LogP contribution in [0.4, 0.5) is 11.4 Å². The number of nitrogen functional groups attached to an aromatic ring is 1. The fourth-order valence-electron chi connectivity index (χ4n) is 1.92. The van der Waals surface area contributed by atoms with Gasteiger partial charge in [0, 0.05) is 31.2 Å². The van der Waals surface area contributed by atoms with E-state index in [1.165, 1.54) is 0 Å². The molecule has 5 heteroatoms. The Morgan fingerprint density at radius 1 is 1.28 bits per heavy atom. The van der Waals surface area contributed by atoms with E-state index in [2.05, 4.69) is 22.1 Å². The summed E-state index contributed by atoms with van der Waals surface area (Å²) < 4.78 is 1.72. The molecule has 0 saturated carbocycles. The molecule has 2 aromatic rings. The van der Waals surface area contributed by atoms with Crippen LogP contribution >= 0.6 is 0 Å². The number of hydrogen-bond acceptors (Lipinski definition) is 4. The Hall–Kier alpha value is -2.04. The third-order valence-electron chi connectivity index (χ3n) is 2.75. The Bertz CT molecular complexity index is 488. The van der Waals surface area contributed by atoms with Crippen LogP contribution in [0.3, 0.4) is 0 Å². The topological polar surface area (TPSA) is 60.0 Å². The number of rotatable bonds is 5. The van der Waals surface area contributed by atoms with Gasteiger partial charge in [0.2, 0.25) is 0 Å². The minimum atomic E-state index is 0.769. The van der Waals surface area contributed by atoms with E-state index in [0.717, 1.165) is 36.6 Å². The minimum Gasteiger partial charge on any atom is -0.399 e. The monoisotopic (exact) mass is 245 g/mol. The van der Waals surface area contributed by atoms with Gasteiger partial charge in [-0.15, -0.1) is 5.10 Å². The molecule has 2 N–H and O–H groups in total. The van der Waals surface area contributed by atoms with Crippen molar-refractivity contribution >= 4 is 11.4 Å². The minimum absolute atomic E-state index is 0.769. The van der Waals surface area contributed by atoms with Gasteiger partial charge in [0.15, 0.2) is 0 Å². The standard InChI is InChI=1S/C13H19N5/c1-3-8-18(10-12-9-17(2)16-15-12)13-6-4-11(14)5-7-13/h4-7,9H,3,8,10,14H2,1-2H3. The van der Waals surface area contributed by atoms with Crippen molar-refractivity contribution < 1.29 is 0 Å². The number of aromatic nitrogens is 3. The summed E-state index contributed by atoms with van der Waals surface area (Å²) in [5.74, 6) is 0. The number of nitrogens with two attached hydrogens (primary N) is 1. The molecule has 0 aliphatic rings. The van der Waals surface area contributed by atoms with Crippen LogP contribution in [0.25, 0.3) is 0 Å². The molecule has 0 bridgehead atoms. The van der Waals surface area contributed by atoms with Crippen LogP contribution in [0.5, 0.6) is 0 Å². The molecule has 5 nitrogen and oxygen atoms in total. The Balaban J connectivity index is 2.14. The van der Waals surface area contributed by atoms with Gasteiger partial charge in [-0.2, -0.15) is 0 Å². The highest BCUT2D eigenvalue weighted by Gasteiger charge is 2.08. The summed E-state index contributed by atoms with van der Waals surface area (Å²) in [6.07, 6.45) is 3.03. The van der Waals surface area contributed by atoms with Crippen LogP contribution in [-0.4, -0.2) is 21.5 Å². The first-order chi connectivity index (χ1) is 8.69. The second-order valence-electron chi connectivity index (χ2n) is 4.40. The van der Waals surface area contributed by atoms with Gasteiger partial charge in [0.05, 0.1) is 6.54 Å². The Labute approximate surface area is 107 Å². The lowest BCUT2D eigenvalue weighted by molar-refractivity contribution is 0.709. The van der Waals surface area contributed by atoms with Crippen LogP contribution in [0.1, 0.15) is 19.0 Å². The van der Waals surface area contributed by atoms with Crippen molar-refractivity contribution in [3.63, 3.8) is 0 Å². The van der Waals surface area contributed by atoms with Crippen LogP contribution < -0.4 is 10.6 Å². The summed E-state index contributed by atoms with van der Waals surface area (Å²) in [5, 5.41) is 8.09. The van der Waals surface area contributed by atoms with E-state index in [0.29, 0.717) is 0 Å². The zero-order valence-electron chi connectivity index (χ0n) is 10.9. The summed E-state index contributed by atoms with van der Waals surface area (Å²) in [5.41, 5.74) is 8.64. The summed E-state index contributed by atoms with van der Waals surface area (Å²) in [6, 6.07) is 7.94. The molecule has 0 amide bonds. The molecule has 0 unspecified atom stereocenters. The zero-order chi connectivity index (χ0) is 13.0. The van der Waals surface area contributed by atoms with Crippen LogP contribution in [0.15, 0.2) is 30.5 Å². The highest BCUT2D eigenvalue weighted by molar-refractivity contribution is 5.53. The quantitative estimate of drug-likeness (QED) is 0.816. The van der Waals surface area contributed by atoms with Gasteiger partial charge in [-0.3, -0.25) is 4.68 Å². The predicted octanol–water partition coefficient (Wildman–Crippen LogP) is 1.81. The lowest BCUT2D eigenvalue weighted by Crippen LogP contribution is -2.23. The number of anilines is 2. The molecule has 0 aliphatic carbocycles. The molecular formula is C13H19N5. The molecule has 0 radical (unpaired) electrons. The van der Waals surface area contributed by atoms with Crippen molar-refractivity contribution in [2.24, 2.45) is 7.05 Å². The molecule has 1 aromatic carbocycles. The highest BCUT2D eigenvalue weighted by atomic mass is 15.4. The maximum Gasteiger partial charge on any atom is 0.102 e. The smallest absolute Gasteiger partial charge is 0.102 e. The van der Waals surface area contributed by atoms with Crippen molar-refractivity contribution in [3.8, 4) is 0 Å². The maximum atomic E-state index is 5.71. The maximum absolute atomic E-state index is 5.71. The molecule has 0 atom stereocenters. The Morgan fingerprint density at radius 3 is 2.56 bits per heavy atom. The first-order valence-corrected chi connectivity index (χ1v) is 6.14. The molecule has 1 aromatic heterocycles. The zero-order valence-corrected chi connectivity index (χ0v) is 10.9. The molecule has 0 spiro atoms. The van der Waals surface area contributed by atoms with E-state index in [4.69, 9.17) is 5.73 Å². The first-order valence-electron chi connectivity index (χ1n) is 6.14. The lowest BCUT2D eigenvalue weighted by Gasteiger charge is -2.23. The second kappa shape index (κ2) is 5.53. The number of benzene rings is 1. The largest absolute Gasteiger partial charge is 0.399 e. The summed E-state index contributed by atoms with van der Waals surface area (Å²) >= 11 is 0. The average Bonchev–Trinajstić information content (AvgIpc) is 2.75. The Morgan fingerprint density at radius 2 is 2.00 bits per heavy atom. The fraction of sp³-hybridized carbons (Fsp3) is 0.385. The SMILES string of the molecule is CCCN(Cc1cn(C)nn1)c1ccc(N)cc1. The number of hydrogen-bond donors (Lipinski definition) is 1. The van der Waals surface area contributed by atoms with Crippen molar-refractivity contribution in [2.75, 3.05) is 17.2 Å². The Kier molecular flexibility index (Phi) is 3.82. The second-order valence-corrected chi connectivity index (χ2v) is 4.40. The van der Waals surface area contributed by atoms with E-state index in [-0.39, 0.29) is 0 Å². The van der Waals surface area contributed by atoms with Gasteiger partial charge in [-0.1, -0.05) is 12.1 Å². The summed E-state index contributed by atoms with van der Waals surface area (Å²) in [7, 11) is 1.88. The van der Waals surface area contributed by atoms with E-state index in [1.807, 2.05) is 37.5 Å². The van der Waals surface area contributed by atoms with Crippen molar-refractivity contribution in [1.29, 1.82) is 0 Å². The predicted molar refractivity (Wildman–Crippen MR) is 73.2 cm³/mol. The van der Waals surface area contributed by atoms with Gasteiger partial charge in [0.25, 0.3) is 0 Å². The van der Waals surface area contributed by atoms with Gasteiger partial charge in [0.1, 0.15) is 5.69 Å². The summed E-state index contributed by atoms with van der Waals surface area (Å²) in [6.45, 7) is 3.92. The lowest BCUT2D eigenvalue weighted by atomic mass is 10.2. The van der Waals surface area contributed by atoms with Crippen molar-refractivity contribution in [2.45, 2.75) is 19.9 Å². The molecular weight excluding hydrogens is 226 g/mol. The van der Waals surface area contributed by atoms with E-state index in [9.17, 15) is 0 Å². The van der Waals surface area contributed by atoms with E-state index < -0.39 is 0 Å². The number of aryl methyl sites for hydroxylation is 1. The van der Waals surface area contributed by atoms with Crippen LogP contribution in [0, 0.1) is 0 Å². The first kappa shape index (κ1) is 12.4. The van der Waals surface area contributed by atoms with Crippen LogP contribution in [-0.2, 0) is 13.6 Å². The van der Waals surface area contributed by atoms with Crippen molar-refractivity contribution in [3.05, 3.63) is 36.2 Å². The van der Waals surface area contributed by atoms with Gasteiger partial charge < -0.3 is 10.6 Å². The van der Waals surface area contributed by atoms with Gasteiger partial charge >= 0.3 is 0 Å². The van der Waals surface area contributed by atoms with Gasteiger partial charge in [-0.25, -0.2) is 0 Å². The third kappa shape index (κ3) is 3.00. The summed E-state index contributed by atoms with van der Waals surface area (Å²) in [4.78, 5) is 2.28. The van der Waals surface area contributed by atoms with Gasteiger partial charge in [-0.05, 0) is 30.7 Å². The fourth-order valence-corrected chi connectivity index (χ4v) is 1.92. The molecule has 96 valence electrons. The third-order valence-corrected chi connectivity index (χ3v) is 2.75. The molecule has 0 aliphatic heterocycles. The normalized spacial score (nSPS) is 10.6. The molecule has 0 saturated heterocycles. The van der Waals surface area contributed by atoms with Crippen LogP contribution in [0.2, 0.25) is 0 Å². The van der Waals surface area contributed by atoms with Crippen molar-refractivity contribution in [1.82, 2.24) is 15.0 Å². The molecule has 1 heterocycles. The molecule has 18 heavy (non-hydrogen) atoms. The van der Waals surface area contributed by atoms with E-state index in [1.54, 1.807) is 4.68 Å². The average molecular weight is 245 g/mol. The molecule has 0 fully saturated rings. The highest BCUT2D eigenvalue weighted by Crippen LogP contribution is 2.18. The number of nitrogens with zero attached hydrogens (tertiary/aromatic N) is 4. The van der Waals surface area contributed by atoms with E-state index >= 15 is 0 Å².